The highest BCUT2D eigenvalue weighted by Crippen LogP contribution is 2.35. The first-order valence-electron chi connectivity index (χ1n) is 13.3. The average molecular weight is 590 g/mol. The smallest absolute Gasteiger partial charge is 0.342 e. The minimum absolute atomic E-state index is 0.0773. The second-order valence-electron chi connectivity index (χ2n) is 9.64. The summed E-state index contributed by atoms with van der Waals surface area (Å²) >= 11 is 1.02. The molecule has 0 bridgehead atoms. The van der Waals surface area contributed by atoms with Crippen molar-refractivity contribution in [1.29, 1.82) is 0 Å². The lowest BCUT2D eigenvalue weighted by atomic mass is 10.0. The van der Waals surface area contributed by atoms with Crippen molar-refractivity contribution in [1.82, 2.24) is 14.8 Å². The van der Waals surface area contributed by atoms with E-state index in [1.807, 2.05) is 23.6 Å². The number of thioether (sulfide) groups is 1. The fraction of sp³-hybridized carbons (Fsp3) is 0.281. The third-order valence-corrected chi connectivity index (χ3v) is 7.75. The van der Waals surface area contributed by atoms with E-state index in [0.29, 0.717) is 52.7 Å². The number of methoxy groups -OCH3 is 3. The summed E-state index contributed by atoms with van der Waals surface area (Å²) in [6.07, 6.45) is 1.58. The van der Waals surface area contributed by atoms with E-state index >= 15 is 0 Å². The third-order valence-electron chi connectivity index (χ3n) is 6.75. The number of aliphatic carboxylic acids is 1. The maximum atomic E-state index is 12.3. The molecule has 1 heterocycles. The molecule has 0 saturated carbocycles. The van der Waals surface area contributed by atoms with Crippen LogP contribution in [0.1, 0.15) is 34.7 Å². The summed E-state index contributed by atoms with van der Waals surface area (Å²) in [6.45, 7) is 9.09. The van der Waals surface area contributed by atoms with Crippen LogP contribution < -0.4 is 18.9 Å². The van der Waals surface area contributed by atoms with Gasteiger partial charge in [-0.05, 0) is 92.1 Å². The van der Waals surface area contributed by atoms with E-state index in [9.17, 15) is 9.90 Å². The van der Waals surface area contributed by atoms with E-state index in [1.54, 1.807) is 51.7 Å². The van der Waals surface area contributed by atoms with Crippen molar-refractivity contribution in [2.24, 2.45) is 0 Å². The minimum atomic E-state index is -1.08. The number of aryl methyl sites for hydroxylation is 3. The molecule has 0 amide bonds. The molecule has 0 radical (unpaired) electrons. The number of benzene rings is 3. The maximum absolute atomic E-state index is 12.3. The van der Waals surface area contributed by atoms with Gasteiger partial charge in [0.15, 0.2) is 22.5 Å². The molecule has 42 heavy (non-hydrogen) atoms. The Morgan fingerprint density at radius 1 is 0.905 bits per heavy atom. The molecule has 4 aromatic rings. The Balaban J connectivity index is 1.60. The molecule has 4 rings (SSSR count). The van der Waals surface area contributed by atoms with Gasteiger partial charge in [-0.3, -0.25) is 0 Å². The monoisotopic (exact) mass is 589 g/mol. The molecule has 0 saturated heterocycles. The van der Waals surface area contributed by atoms with Crippen molar-refractivity contribution in [2.45, 2.75) is 46.0 Å². The van der Waals surface area contributed by atoms with Crippen LogP contribution >= 0.6 is 11.8 Å². The maximum Gasteiger partial charge on any atom is 0.342 e. The molecule has 9 nitrogen and oxygen atoms in total. The predicted octanol–water partition coefficient (Wildman–Crippen LogP) is 6.71. The second kappa shape index (κ2) is 13.5. The highest BCUT2D eigenvalue weighted by atomic mass is 32.2. The van der Waals surface area contributed by atoms with E-state index in [-0.39, 0.29) is 4.91 Å². The van der Waals surface area contributed by atoms with Crippen LogP contribution in [-0.2, 0) is 17.9 Å². The van der Waals surface area contributed by atoms with Gasteiger partial charge in [0.1, 0.15) is 23.0 Å². The lowest BCUT2D eigenvalue weighted by Crippen LogP contribution is -2.03. The third kappa shape index (κ3) is 6.88. The largest absolute Gasteiger partial charge is 0.497 e. The molecule has 220 valence electrons. The van der Waals surface area contributed by atoms with E-state index in [0.717, 1.165) is 22.9 Å². The Labute approximate surface area is 250 Å². The first kappa shape index (κ1) is 30.5. The van der Waals surface area contributed by atoms with Crippen LogP contribution in [0.4, 0.5) is 0 Å². The molecule has 0 aliphatic rings. The molecular weight excluding hydrogens is 554 g/mol. The summed E-state index contributed by atoms with van der Waals surface area (Å²) < 4.78 is 24.3. The zero-order valence-corrected chi connectivity index (χ0v) is 25.7. The van der Waals surface area contributed by atoms with E-state index in [2.05, 4.69) is 43.1 Å². The molecule has 3 aromatic carbocycles. The van der Waals surface area contributed by atoms with Crippen LogP contribution in [0.3, 0.4) is 0 Å². The molecule has 1 N–H and O–H groups in total. The quantitative estimate of drug-likeness (QED) is 0.143. The predicted molar refractivity (Wildman–Crippen MR) is 164 cm³/mol. The van der Waals surface area contributed by atoms with Crippen LogP contribution in [0.15, 0.2) is 58.6 Å². The zero-order chi connectivity index (χ0) is 30.4. The van der Waals surface area contributed by atoms with Crippen LogP contribution in [-0.4, -0.2) is 47.2 Å². The van der Waals surface area contributed by atoms with E-state index in [1.165, 1.54) is 16.7 Å². The van der Waals surface area contributed by atoms with Gasteiger partial charge in [-0.2, -0.15) is 0 Å². The molecule has 0 aliphatic heterocycles. The summed E-state index contributed by atoms with van der Waals surface area (Å²) in [5, 5.41) is 19.1. The van der Waals surface area contributed by atoms with Crippen LogP contribution in [0.5, 0.6) is 23.0 Å². The van der Waals surface area contributed by atoms with Crippen LogP contribution in [0.2, 0.25) is 0 Å². The lowest BCUT2D eigenvalue weighted by Gasteiger charge is -2.15. The number of carboxylic acids is 1. The number of aromatic nitrogens is 3. The van der Waals surface area contributed by atoms with Gasteiger partial charge in [-0.1, -0.05) is 23.8 Å². The highest BCUT2D eigenvalue weighted by Gasteiger charge is 2.20. The summed E-state index contributed by atoms with van der Waals surface area (Å²) in [6, 6.07) is 15.1. The number of carboxylic acid groups (broad SMARTS) is 1. The van der Waals surface area contributed by atoms with Crippen molar-refractivity contribution in [3.05, 3.63) is 81.3 Å². The van der Waals surface area contributed by atoms with Gasteiger partial charge >= 0.3 is 5.97 Å². The first-order valence-corrected chi connectivity index (χ1v) is 14.2. The molecule has 0 spiro atoms. The molecule has 0 fully saturated rings. The van der Waals surface area contributed by atoms with Crippen molar-refractivity contribution >= 4 is 23.8 Å². The Morgan fingerprint density at radius 2 is 1.57 bits per heavy atom. The average Bonchev–Trinajstić information content (AvgIpc) is 3.38. The minimum Gasteiger partial charge on any atom is -0.497 e. The van der Waals surface area contributed by atoms with Gasteiger partial charge in [-0.25, -0.2) is 4.79 Å². The number of carbonyl (C=O) groups is 1. The zero-order valence-electron chi connectivity index (χ0n) is 24.8. The number of rotatable bonds is 12. The SMILES string of the molecule is CCn1c(S/C(=C\c2ccc(OCc3c(C)cc(C)cc3C)c(OC)c2)C(=O)O)nnc1-c1cc(OC)cc(OC)c1. The normalized spacial score (nSPS) is 11.4. The molecule has 1 aromatic heterocycles. The number of nitrogens with zero attached hydrogens (tertiary/aromatic N) is 3. The van der Waals surface area contributed by atoms with Gasteiger partial charge in [0.05, 0.1) is 21.3 Å². The molecule has 0 unspecified atom stereocenters. The van der Waals surface area contributed by atoms with Crippen molar-refractivity contribution < 1.29 is 28.8 Å². The fourth-order valence-corrected chi connectivity index (χ4v) is 5.55. The number of hydrogen-bond acceptors (Lipinski definition) is 8. The van der Waals surface area contributed by atoms with E-state index < -0.39 is 5.97 Å². The summed E-state index contributed by atoms with van der Waals surface area (Å²) in [7, 11) is 4.71. The van der Waals surface area contributed by atoms with Crippen molar-refractivity contribution in [3.8, 4) is 34.4 Å². The summed E-state index contributed by atoms with van der Waals surface area (Å²) in [5.41, 5.74) is 6.06. The number of hydrogen-bond donors (Lipinski definition) is 1. The van der Waals surface area contributed by atoms with Crippen LogP contribution in [0.25, 0.3) is 17.5 Å². The van der Waals surface area contributed by atoms with Gasteiger partial charge < -0.3 is 28.6 Å². The van der Waals surface area contributed by atoms with Crippen molar-refractivity contribution in [3.63, 3.8) is 0 Å². The van der Waals surface area contributed by atoms with E-state index in [4.69, 9.17) is 18.9 Å². The molecule has 10 heteroatoms. The summed E-state index contributed by atoms with van der Waals surface area (Å²) in [5.74, 6) is 1.79. The second-order valence-corrected chi connectivity index (χ2v) is 10.7. The Morgan fingerprint density at radius 3 is 2.14 bits per heavy atom. The molecule has 0 atom stereocenters. The first-order chi connectivity index (χ1) is 20.2. The molecular formula is C32H35N3O6S. The van der Waals surface area contributed by atoms with Gasteiger partial charge in [-0.15, -0.1) is 10.2 Å². The Kier molecular flexibility index (Phi) is 9.80. The Bertz CT molecular complexity index is 1580. The van der Waals surface area contributed by atoms with Gasteiger partial charge in [0.2, 0.25) is 0 Å². The molecule has 0 aliphatic carbocycles. The van der Waals surface area contributed by atoms with Gasteiger partial charge in [0.25, 0.3) is 0 Å². The van der Waals surface area contributed by atoms with Crippen molar-refractivity contribution in [2.75, 3.05) is 21.3 Å². The Hall–Kier alpha value is -4.44. The number of ether oxygens (including phenoxy) is 4. The van der Waals surface area contributed by atoms with Crippen LogP contribution in [0, 0.1) is 20.8 Å². The van der Waals surface area contributed by atoms with Gasteiger partial charge in [0, 0.05) is 18.2 Å². The standard InChI is InChI=1S/C32H35N3O6S/c1-8-35-30(23-15-24(38-5)17-25(16-23)39-6)33-34-32(35)42-29(31(36)37)14-22-9-10-27(28(13-22)40-7)41-18-26-20(3)11-19(2)12-21(26)4/h9-17H,8,18H2,1-7H3,(H,36,37)/b29-14-. The fourth-order valence-electron chi connectivity index (χ4n) is 4.66. The summed E-state index contributed by atoms with van der Waals surface area (Å²) in [4.78, 5) is 12.4. The topological polar surface area (TPSA) is 105 Å². The lowest BCUT2D eigenvalue weighted by molar-refractivity contribution is -0.131. The highest BCUT2D eigenvalue weighted by molar-refractivity contribution is 8.04.